The highest BCUT2D eigenvalue weighted by Gasteiger charge is 2.13. The van der Waals surface area contributed by atoms with E-state index in [-0.39, 0.29) is 6.03 Å². The highest BCUT2D eigenvalue weighted by Crippen LogP contribution is 2.20. The van der Waals surface area contributed by atoms with Crippen LogP contribution in [0.25, 0.3) is 0 Å². The third-order valence-corrected chi connectivity index (χ3v) is 3.78. The molecule has 0 aromatic heterocycles. The van der Waals surface area contributed by atoms with Crippen LogP contribution in [0.2, 0.25) is 0 Å². The number of amides is 2. The molecule has 1 aliphatic heterocycles. The first-order chi connectivity index (χ1) is 9.58. The van der Waals surface area contributed by atoms with Crippen LogP contribution in [-0.2, 0) is 0 Å². The number of nitrogens with one attached hydrogen (secondary N) is 1. The number of amidine groups is 1. The third-order valence-electron chi connectivity index (χ3n) is 3.78. The number of carbonyl (C=O) groups is 1. The Kier molecular flexibility index (Phi) is 4.77. The zero-order valence-electron chi connectivity index (χ0n) is 12.6. The Labute approximate surface area is 120 Å². The largest absolute Gasteiger partial charge is 0.363 e. The van der Waals surface area contributed by atoms with E-state index in [1.54, 1.807) is 0 Å². The van der Waals surface area contributed by atoms with Crippen LogP contribution < -0.4 is 5.32 Å². The molecule has 1 saturated heterocycles. The van der Waals surface area contributed by atoms with E-state index in [4.69, 9.17) is 0 Å². The Morgan fingerprint density at radius 2 is 1.90 bits per heavy atom. The summed E-state index contributed by atoms with van der Waals surface area (Å²) in [7, 11) is 2.01. The van der Waals surface area contributed by atoms with Gasteiger partial charge in [-0.15, -0.1) is 0 Å². The molecule has 0 aliphatic carbocycles. The fourth-order valence-electron chi connectivity index (χ4n) is 2.53. The van der Waals surface area contributed by atoms with Crippen molar-refractivity contribution in [3.63, 3.8) is 0 Å². The van der Waals surface area contributed by atoms with E-state index in [1.807, 2.05) is 39.1 Å². The lowest BCUT2D eigenvalue weighted by atomic mass is 10.1. The van der Waals surface area contributed by atoms with E-state index >= 15 is 0 Å². The van der Waals surface area contributed by atoms with Gasteiger partial charge in [0.05, 0.1) is 0 Å². The number of aliphatic imine (C=N–C) groups is 1. The smallest absolute Gasteiger partial charge is 0.347 e. The maximum absolute atomic E-state index is 12.1. The molecule has 2 rings (SSSR count). The van der Waals surface area contributed by atoms with Gasteiger partial charge in [-0.1, -0.05) is 24.6 Å². The Balaban J connectivity index is 2.12. The van der Waals surface area contributed by atoms with Crippen LogP contribution in [0.15, 0.2) is 23.2 Å². The highest BCUT2D eigenvalue weighted by atomic mass is 16.2. The number of likely N-dealkylation sites (tertiary alicyclic amines) is 1. The maximum Gasteiger partial charge on any atom is 0.347 e. The van der Waals surface area contributed by atoms with Crippen molar-refractivity contribution >= 4 is 17.6 Å². The number of hydrogen-bond donors (Lipinski definition) is 1. The van der Waals surface area contributed by atoms with Crippen LogP contribution in [-0.4, -0.2) is 30.4 Å². The second-order valence-corrected chi connectivity index (χ2v) is 5.46. The number of anilines is 1. The van der Waals surface area contributed by atoms with Crippen molar-refractivity contribution in [2.24, 2.45) is 4.99 Å². The number of aryl methyl sites for hydroxylation is 2. The molecule has 0 radical (unpaired) electrons. The van der Waals surface area contributed by atoms with Crippen LogP contribution in [0.5, 0.6) is 0 Å². The minimum absolute atomic E-state index is 0.272. The molecule has 108 valence electrons. The monoisotopic (exact) mass is 273 g/mol. The summed E-state index contributed by atoms with van der Waals surface area (Å²) in [6.07, 6.45) is 4.38. The molecule has 1 fully saturated rings. The van der Waals surface area contributed by atoms with Crippen molar-refractivity contribution in [3.8, 4) is 0 Å². The number of para-hydroxylation sites is 1. The summed E-state index contributed by atoms with van der Waals surface area (Å²) in [6.45, 7) is 4.97. The third kappa shape index (κ3) is 3.59. The summed E-state index contributed by atoms with van der Waals surface area (Å²) in [5.41, 5.74) is 3.00. The SMILES string of the molecule is Cc1cccc(C)c1NC(=O)N=C1CCCCCN1C. The number of benzene rings is 1. The minimum Gasteiger partial charge on any atom is -0.363 e. The topological polar surface area (TPSA) is 44.7 Å². The van der Waals surface area contributed by atoms with Gasteiger partial charge in [0.15, 0.2) is 0 Å². The lowest BCUT2D eigenvalue weighted by Gasteiger charge is -2.18. The van der Waals surface area contributed by atoms with E-state index in [1.165, 1.54) is 12.8 Å². The Bertz CT molecular complexity index is 502. The second kappa shape index (κ2) is 6.55. The van der Waals surface area contributed by atoms with Crippen molar-refractivity contribution < 1.29 is 4.79 Å². The van der Waals surface area contributed by atoms with Crippen LogP contribution in [0.3, 0.4) is 0 Å². The lowest BCUT2D eigenvalue weighted by molar-refractivity contribution is 0.259. The predicted molar refractivity (Wildman–Crippen MR) is 83.5 cm³/mol. The summed E-state index contributed by atoms with van der Waals surface area (Å²) in [5.74, 6) is 0.895. The van der Waals surface area contributed by atoms with Gasteiger partial charge < -0.3 is 10.2 Å². The normalized spacial score (nSPS) is 17.9. The molecule has 4 nitrogen and oxygen atoms in total. The molecular formula is C16H23N3O. The summed E-state index contributed by atoms with van der Waals surface area (Å²) < 4.78 is 0. The highest BCUT2D eigenvalue weighted by molar-refractivity contribution is 6.00. The number of rotatable bonds is 1. The Morgan fingerprint density at radius 3 is 2.60 bits per heavy atom. The van der Waals surface area contributed by atoms with Gasteiger partial charge in [0, 0.05) is 25.7 Å². The molecule has 4 heteroatoms. The summed E-state index contributed by atoms with van der Waals surface area (Å²) in [5, 5.41) is 2.91. The van der Waals surface area contributed by atoms with Gasteiger partial charge in [-0.2, -0.15) is 4.99 Å². The Hall–Kier alpha value is -1.84. The van der Waals surface area contributed by atoms with Crippen molar-refractivity contribution in [1.29, 1.82) is 0 Å². The van der Waals surface area contributed by atoms with Crippen LogP contribution in [0.1, 0.15) is 36.8 Å². The maximum atomic E-state index is 12.1. The molecule has 2 amide bonds. The minimum atomic E-state index is -0.272. The van der Waals surface area contributed by atoms with Gasteiger partial charge in [-0.05, 0) is 37.8 Å². The molecule has 1 N–H and O–H groups in total. The van der Waals surface area contributed by atoms with E-state index < -0.39 is 0 Å². The molecule has 1 aliphatic rings. The number of carbonyl (C=O) groups excluding carboxylic acids is 1. The second-order valence-electron chi connectivity index (χ2n) is 5.46. The molecule has 1 heterocycles. The molecular weight excluding hydrogens is 250 g/mol. The fourth-order valence-corrected chi connectivity index (χ4v) is 2.53. The van der Waals surface area contributed by atoms with Gasteiger partial charge >= 0.3 is 6.03 Å². The molecule has 1 aromatic rings. The van der Waals surface area contributed by atoms with E-state index in [0.29, 0.717) is 0 Å². The van der Waals surface area contributed by atoms with Crippen LogP contribution in [0, 0.1) is 13.8 Å². The average Bonchev–Trinajstić information content (AvgIpc) is 2.60. The first kappa shape index (κ1) is 14.6. The molecule has 0 atom stereocenters. The average molecular weight is 273 g/mol. The summed E-state index contributed by atoms with van der Waals surface area (Å²) in [6, 6.07) is 5.71. The number of hydrogen-bond acceptors (Lipinski definition) is 1. The van der Waals surface area contributed by atoms with Gasteiger partial charge in [0.2, 0.25) is 0 Å². The molecule has 0 saturated carbocycles. The number of urea groups is 1. The van der Waals surface area contributed by atoms with E-state index in [9.17, 15) is 4.79 Å². The fraction of sp³-hybridized carbons (Fsp3) is 0.500. The lowest BCUT2D eigenvalue weighted by Crippen LogP contribution is -2.27. The molecule has 0 unspecified atom stereocenters. The Morgan fingerprint density at radius 1 is 1.20 bits per heavy atom. The van der Waals surface area contributed by atoms with Crippen molar-refractivity contribution in [2.45, 2.75) is 39.5 Å². The summed E-state index contributed by atoms with van der Waals surface area (Å²) >= 11 is 0. The van der Waals surface area contributed by atoms with E-state index in [2.05, 4.69) is 15.2 Å². The van der Waals surface area contributed by atoms with Crippen LogP contribution >= 0.6 is 0 Å². The summed E-state index contributed by atoms with van der Waals surface area (Å²) in [4.78, 5) is 18.5. The van der Waals surface area contributed by atoms with Gasteiger partial charge in [-0.3, -0.25) is 0 Å². The van der Waals surface area contributed by atoms with Crippen molar-refractivity contribution in [3.05, 3.63) is 29.3 Å². The molecule has 1 aromatic carbocycles. The quantitative estimate of drug-likeness (QED) is 0.847. The zero-order chi connectivity index (χ0) is 14.5. The van der Waals surface area contributed by atoms with Crippen molar-refractivity contribution in [2.75, 3.05) is 18.9 Å². The van der Waals surface area contributed by atoms with Crippen LogP contribution in [0.4, 0.5) is 10.5 Å². The van der Waals surface area contributed by atoms with Gasteiger partial charge in [-0.25, -0.2) is 4.79 Å². The predicted octanol–water partition coefficient (Wildman–Crippen LogP) is 3.74. The molecule has 0 bridgehead atoms. The first-order valence-electron chi connectivity index (χ1n) is 7.24. The van der Waals surface area contributed by atoms with Crippen molar-refractivity contribution in [1.82, 2.24) is 4.90 Å². The zero-order valence-corrected chi connectivity index (χ0v) is 12.6. The standard InChI is InChI=1S/C16H23N3O/c1-12-8-7-9-13(2)15(12)18-16(20)17-14-10-5-4-6-11-19(14)3/h7-9H,4-6,10-11H2,1-3H3,(H,18,20). The van der Waals surface area contributed by atoms with E-state index in [0.717, 1.165) is 42.0 Å². The van der Waals surface area contributed by atoms with Gasteiger partial charge in [0.25, 0.3) is 0 Å². The first-order valence-corrected chi connectivity index (χ1v) is 7.24. The number of nitrogens with zero attached hydrogens (tertiary/aromatic N) is 2. The molecule has 0 spiro atoms. The molecule has 20 heavy (non-hydrogen) atoms. The van der Waals surface area contributed by atoms with Gasteiger partial charge in [0.1, 0.15) is 5.84 Å².